The molecule has 0 saturated carbocycles. The van der Waals surface area contributed by atoms with Gasteiger partial charge >= 0.3 is 5.97 Å². The number of ether oxygens (including phenoxy) is 2. The maximum Gasteiger partial charge on any atom is 0.325 e. The molecule has 0 N–H and O–H groups in total. The highest BCUT2D eigenvalue weighted by atomic mass is 35.5. The van der Waals surface area contributed by atoms with Crippen LogP contribution in [0.5, 0.6) is 5.75 Å². The second-order valence-corrected chi connectivity index (χ2v) is 5.79. The average molecular weight is 340 g/mol. The molecule has 1 aromatic rings. The second-order valence-electron chi connectivity index (χ2n) is 5.52. The number of anilines is 1. The van der Waals surface area contributed by atoms with Crippen LogP contribution in [0.1, 0.15) is 24.2 Å². The molecule has 0 spiro atoms. The predicted molar refractivity (Wildman–Crippen MR) is 85.1 cm³/mol. The van der Waals surface area contributed by atoms with Gasteiger partial charge in [-0.05, 0) is 24.1 Å². The van der Waals surface area contributed by atoms with Crippen LogP contribution < -0.4 is 9.64 Å². The van der Waals surface area contributed by atoms with Crippen molar-refractivity contribution >= 4 is 34.9 Å². The van der Waals surface area contributed by atoms with Crippen LogP contribution in [0.15, 0.2) is 18.2 Å². The number of rotatable bonds is 5. The summed E-state index contributed by atoms with van der Waals surface area (Å²) < 4.78 is 10.4. The monoisotopic (exact) mass is 339 g/mol. The minimum atomic E-state index is -0.693. The number of halogens is 1. The zero-order valence-corrected chi connectivity index (χ0v) is 13.9. The lowest BCUT2D eigenvalue weighted by molar-refractivity contribution is -0.141. The number of ketones is 1. The van der Waals surface area contributed by atoms with E-state index in [9.17, 15) is 14.4 Å². The normalized spacial score (nSPS) is 16.8. The van der Waals surface area contributed by atoms with Crippen LogP contribution in [0.25, 0.3) is 0 Å². The van der Waals surface area contributed by atoms with Crippen molar-refractivity contribution < 1.29 is 23.9 Å². The fourth-order valence-corrected chi connectivity index (χ4v) is 2.47. The van der Waals surface area contributed by atoms with E-state index < -0.39 is 12.1 Å². The number of nitrogens with zero attached hydrogens (tertiary/aromatic N) is 1. The predicted octanol–water partition coefficient (Wildman–Crippen LogP) is 2.03. The van der Waals surface area contributed by atoms with E-state index in [0.29, 0.717) is 17.0 Å². The van der Waals surface area contributed by atoms with Crippen LogP contribution in [0, 0.1) is 5.92 Å². The molecule has 0 saturated heterocycles. The van der Waals surface area contributed by atoms with Gasteiger partial charge in [-0.15, -0.1) is 11.6 Å². The van der Waals surface area contributed by atoms with Gasteiger partial charge in [0.2, 0.25) is 0 Å². The van der Waals surface area contributed by atoms with Crippen LogP contribution in [-0.2, 0) is 14.3 Å². The third-order valence-corrected chi connectivity index (χ3v) is 3.82. The van der Waals surface area contributed by atoms with Gasteiger partial charge in [-0.3, -0.25) is 19.3 Å². The van der Waals surface area contributed by atoms with Crippen molar-refractivity contribution in [1.29, 1.82) is 0 Å². The molecule has 0 aromatic heterocycles. The molecule has 0 fully saturated rings. The Balaban J connectivity index is 2.48. The summed E-state index contributed by atoms with van der Waals surface area (Å²) in [5, 5.41) is 0. The summed E-state index contributed by atoms with van der Waals surface area (Å²) in [6.07, 6.45) is -0.693. The van der Waals surface area contributed by atoms with Crippen molar-refractivity contribution in [3.8, 4) is 5.75 Å². The number of Topliss-reactive ketones (excluding diaryl/α,β-unsaturated/α-hetero) is 1. The molecule has 6 nitrogen and oxygen atoms in total. The lowest BCUT2D eigenvalue weighted by Gasteiger charge is -2.35. The Morgan fingerprint density at radius 1 is 1.39 bits per heavy atom. The van der Waals surface area contributed by atoms with E-state index in [-0.39, 0.29) is 30.0 Å². The molecule has 0 radical (unpaired) electrons. The van der Waals surface area contributed by atoms with Crippen LogP contribution in [-0.4, -0.2) is 43.3 Å². The Kier molecular flexibility index (Phi) is 5.26. The SMILES string of the molecule is COC(=O)CN1C(=O)C(C(C)C)Oc2ccc(C(=O)CCl)cc21. The lowest BCUT2D eigenvalue weighted by Crippen LogP contribution is -2.50. The maximum absolute atomic E-state index is 12.6. The maximum atomic E-state index is 12.6. The highest BCUT2D eigenvalue weighted by Gasteiger charge is 2.37. The number of esters is 1. The van der Waals surface area contributed by atoms with E-state index in [1.54, 1.807) is 12.1 Å². The third kappa shape index (κ3) is 3.47. The second kappa shape index (κ2) is 7.00. The first-order valence-electron chi connectivity index (χ1n) is 7.17. The van der Waals surface area contributed by atoms with Crippen molar-refractivity contribution in [1.82, 2.24) is 0 Å². The van der Waals surface area contributed by atoms with E-state index in [1.165, 1.54) is 18.1 Å². The molecule has 1 amide bonds. The fourth-order valence-electron chi connectivity index (χ4n) is 2.32. The molecule has 1 heterocycles. The zero-order chi connectivity index (χ0) is 17.1. The van der Waals surface area contributed by atoms with Gasteiger partial charge in [-0.1, -0.05) is 13.8 Å². The van der Waals surface area contributed by atoms with E-state index >= 15 is 0 Å². The van der Waals surface area contributed by atoms with Crippen LogP contribution in [0.4, 0.5) is 5.69 Å². The molecule has 124 valence electrons. The van der Waals surface area contributed by atoms with Gasteiger partial charge in [0.15, 0.2) is 11.9 Å². The van der Waals surface area contributed by atoms with Crippen LogP contribution in [0.2, 0.25) is 0 Å². The van der Waals surface area contributed by atoms with Gasteiger partial charge in [0, 0.05) is 5.56 Å². The smallest absolute Gasteiger partial charge is 0.325 e. The Bertz CT molecular complexity index is 643. The summed E-state index contributed by atoms with van der Waals surface area (Å²) in [6.45, 7) is 3.47. The largest absolute Gasteiger partial charge is 0.478 e. The summed E-state index contributed by atoms with van der Waals surface area (Å²) in [6, 6.07) is 4.71. The molecule has 1 atom stereocenters. The van der Waals surface area contributed by atoms with Crippen molar-refractivity contribution in [3.05, 3.63) is 23.8 Å². The van der Waals surface area contributed by atoms with Gasteiger partial charge in [0.1, 0.15) is 12.3 Å². The molecule has 1 aliphatic rings. The van der Waals surface area contributed by atoms with Gasteiger partial charge in [0.05, 0.1) is 18.7 Å². The molecule has 1 aromatic carbocycles. The molecule has 2 rings (SSSR count). The summed E-state index contributed by atoms with van der Waals surface area (Å²) in [5.41, 5.74) is 0.723. The first-order chi connectivity index (χ1) is 10.9. The molecule has 1 unspecified atom stereocenters. The van der Waals surface area contributed by atoms with Gasteiger partial charge in [-0.2, -0.15) is 0 Å². The van der Waals surface area contributed by atoms with Gasteiger partial charge in [0.25, 0.3) is 5.91 Å². The third-order valence-electron chi connectivity index (χ3n) is 3.58. The number of fused-ring (bicyclic) bond motifs is 1. The quantitative estimate of drug-likeness (QED) is 0.466. The Morgan fingerprint density at radius 2 is 2.09 bits per heavy atom. The molecule has 23 heavy (non-hydrogen) atoms. The van der Waals surface area contributed by atoms with Crippen molar-refractivity contribution in [2.45, 2.75) is 20.0 Å². The minimum absolute atomic E-state index is 0.0695. The Labute approximate surface area is 139 Å². The van der Waals surface area contributed by atoms with E-state index in [0.717, 1.165) is 0 Å². The highest BCUT2D eigenvalue weighted by molar-refractivity contribution is 6.30. The summed E-state index contributed by atoms with van der Waals surface area (Å²) in [7, 11) is 1.25. The zero-order valence-electron chi connectivity index (χ0n) is 13.2. The molecule has 7 heteroatoms. The molecular weight excluding hydrogens is 322 g/mol. The molecule has 0 aliphatic carbocycles. The first kappa shape index (κ1) is 17.3. The summed E-state index contributed by atoms with van der Waals surface area (Å²) in [4.78, 5) is 37.3. The molecular formula is C16H18ClNO5. The average Bonchev–Trinajstić information content (AvgIpc) is 2.55. The minimum Gasteiger partial charge on any atom is -0.478 e. The van der Waals surface area contributed by atoms with Gasteiger partial charge in [-0.25, -0.2) is 0 Å². The number of carbonyl (C=O) groups is 3. The standard InChI is InChI=1S/C16H18ClNO5/c1-9(2)15-16(21)18(8-14(20)22-3)11-6-10(12(19)7-17)4-5-13(11)23-15/h4-6,9,15H,7-8H2,1-3H3. The fraction of sp³-hybridized carbons (Fsp3) is 0.438. The number of hydrogen-bond donors (Lipinski definition) is 0. The lowest BCUT2D eigenvalue weighted by atomic mass is 10.0. The van der Waals surface area contributed by atoms with Gasteiger partial charge < -0.3 is 9.47 Å². The number of alkyl halides is 1. The number of methoxy groups -OCH3 is 1. The summed E-state index contributed by atoms with van der Waals surface area (Å²) >= 11 is 5.57. The Hall–Kier alpha value is -2.08. The van der Waals surface area contributed by atoms with E-state index in [2.05, 4.69) is 4.74 Å². The number of benzene rings is 1. The van der Waals surface area contributed by atoms with Crippen molar-refractivity contribution in [2.75, 3.05) is 24.4 Å². The molecule has 0 bridgehead atoms. The number of hydrogen-bond acceptors (Lipinski definition) is 5. The highest BCUT2D eigenvalue weighted by Crippen LogP contribution is 2.36. The summed E-state index contributed by atoms with van der Waals surface area (Å²) in [5.74, 6) is -0.959. The number of carbonyl (C=O) groups excluding carboxylic acids is 3. The topological polar surface area (TPSA) is 72.9 Å². The van der Waals surface area contributed by atoms with E-state index in [1.807, 2.05) is 13.8 Å². The van der Waals surface area contributed by atoms with Crippen LogP contribution in [0.3, 0.4) is 0 Å². The molecule has 1 aliphatic heterocycles. The first-order valence-corrected chi connectivity index (χ1v) is 7.70. The van der Waals surface area contributed by atoms with Crippen molar-refractivity contribution in [2.24, 2.45) is 5.92 Å². The van der Waals surface area contributed by atoms with Crippen LogP contribution >= 0.6 is 11.6 Å². The number of amides is 1. The Morgan fingerprint density at radius 3 is 2.65 bits per heavy atom. The van der Waals surface area contributed by atoms with E-state index in [4.69, 9.17) is 16.3 Å². The van der Waals surface area contributed by atoms with Crippen molar-refractivity contribution in [3.63, 3.8) is 0 Å².